The van der Waals surface area contributed by atoms with Crippen molar-refractivity contribution in [2.75, 3.05) is 46.2 Å². The van der Waals surface area contributed by atoms with Crippen LogP contribution < -0.4 is 10.1 Å². The summed E-state index contributed by atoms with van der Waals surface area (Å²) in [5.41, 5.74) is 1.95. The van der Waals surface area contributed by atoms with Crippen molar-refractivity contribution in [1.82, 2.24) is 14.1 Å². The number of hydrogen-bond donors (Lipinski definition) is 2. The van der Waals surface area contributed by atoms with Gasteiger partial charge in [0.1, 0.15) is 22.6 Å². The lowest BCUT2D eigenvalue weighted by Gasteiger charge is -2.37. The molecule has 0 aliphatic carbocycles. The van der Waals surface area contributed by atoms with Gasteiger partial charge in [-0.15, -0.1) is 0 Å². The number of anilines is 1. The third kappa shape index (κ3) is 6.98. The summed E-state index contributed by atoms with van der Waals surface area (Å²) in [7, 11) is 0.820. The molecule has 230 valence electrons. The third-order valence-electron chi connectivity index (χ3n) is 7.45. The van der Waals surface area contributed by atoms with E-state index in [9.17, 15) is 27.5 Å². The van der Waals surface area contributed by atoms with Gasteiger partial charge in [0.2, 0.25) is 10.0 Å². The summed E-state index contributed by atoms with van der Waals surface area (Å²) in [5.74, 6) is -1.02. The normalized spacial score (nSPS) is 18.8. The predicted octanol–water partition coefficient (Wildman–Crippen LogP) is 4.13. The Labute approximate surface area is 251 Å². The van der Waals surface area contributed by atoms with Gasteiger partial charge in [-0.25, -0.2) is 17.6 Å². The number of fused-ring (bicyclic) bond motifs is 1. The molecule has 43 heavy (non-hydrogen) atoms. The topological polar surface area (TPSA) is 119 Å². The van der Waals surface area contributed by atoms with Gasteiger partial charge >= 0.3 is 6.03 Å². The van der Waals surface area contributed by atoms with E-state index in [-0.39, 0.29) is 41.9 Å². The van der Waals surface area contributed by atoms with E-state index >= 15 is 0 Å². The van der Waals surface area contributed by atoms with Crippen molar-refractivity contribution >= 4 is 27.6 Å². The van der Waals surface area contributed by atoms with Crippen molar-refractivity contribution in [2.24, 2.45) is 5.92 Å². The molecular weight excluding hydrogens is 575 g/mol. The van der Waals surface area contributed by atoms with Gasteiger partial charge in [-0.1, -0.05) is 37.3 Å². The summed E-state index contributed by atoms with van der Waals surface area (Å²) in [6, 6.07) is 16.3. The molecule has 1 aliphatic heterocycles. The lowest BCUT2D eigenvalue weighted by atomic mass is 10.0. The molecule has 3 aromatic rings. The van der Waals surface area contributed by atoms with Crippen molar-refractivity contribution in [2.45, 2.75) is 30.9 Å². The minimum Gasteiger partial charge on any atom is -0.487 e. The molecule has 1 heterocycles. The number of benzene rings is 3. The molecular formula is C31H37FN4O6S. The van der Waals surface area contributed by atoms with E-state index in [1.54, 1.807) is 70.5 Å². The van der Waals surface area contributed by atoms with Gasteiger partial charge in [0.25, 0.3) is 5.91 Å². The highest BCUT2D eigenvalue weighted by Gasteiger charge is 2.38. The van der Waals surface area contributed by atoms with Gasteiger partial charge in [0.05, 0.1) is 18.8 Å². The Balaban J connectivity index is 1.69. The van der Waals surface area contributed by atoms with Crippen molar-refractivity contribution in [3.8, 4) is 16.9 Å². The summed E-state index contributed by atoms with van der Waals surface area (Å²) < 4.78 is 49.4. The number of likely N-dealkylation sites (N-methyl/N-ethyl adjacent to an activating group) is 1. The molecule has 1 aliphatic rings. The number of halogens is 1. The SMILES string of the molecule is C[C@H]1CN([C@@H](C)CO)S(=O)(=O)c2ccc(-c3ccc(C(=O)N(C)C)cc3)cc2O[C@H]1CN(C)C(=O)Nc1ccccc1F. The second-order valence-corrected chi connectivity index (χ2v) is 12.8. The quantitative estimate of drug-likeness (QED) is 0.414. The first kappa shape index (κ1) is 31.9. The van der Waals surface area contributed by atoms with Crippen LogP contribution in [0.1, 0.15) is 24.2 Å². The molecule has 0 saturated carbocycles. The largest absolute Gasteiger partial charge is 0.487 e. The number of nitrogens with one attached hydrogen (secondary N) is 1. The summed E-state index contributed by atoms with van der Waals surface area (Å²) in [6.45, 7) is 3.16. The van der Waals surface area contributed by atoms with E-state index in [0.29, 0.717) is 11.1 Å². The van der Waals surface area contributed by atoms with Crippen molar-refractivity contribution in [1.29, 1.82) is 0 Å². The van der Waals surface area contributed by atoms with E-state index in [2.05, 4.69) is 5.32 Å². The number of aliphatic hydroxyl groups excluding tert-OH is 1. The van der Waals surface area contributed by atoms with Crippen LogP contribution in [0, 0.1) is 11.7 Å². The second kappa shape index (κ2) is 13.1. The summed E-state index contributed by atoms with van der Waals surface area (Å²) in [6.07, 6.45) is -0.658. The Hall–Kier alpha value is -4.00. The van der Waals surface area contributed by atoms with Crippen LogP contribution >= 0.6 is 0 Å². The number of rotatable bonds is 7. The fourth-order valence-corrected chi connectivity index (χ4v) is 6.64. The van der Waals surface area contributed by atoms with Crippen LogP contribution in [0.3, 0.4) is 0 Å². The van der Waals surface area contributed by atoms with Gasteiger partial charge < -0.3 is 25.0 Å². The highest BCUT2D eigenvalue weighted by atomic mass is 32.2. The maximum Gasteiger partial charge on any atom is 0.321 e. The Morgan fingerprint density at radius 1 is 1.07 bits per heavy atom. The van der Waals surface area contributed by atoms with E-state index in [1.807, 2.05) is 6.92 Å². The van der Waals surface area contributed by atoms with Crippen molar-refractivity contribution < 1.29 is 32.2 Å². The summed E-state index contributed by atoms with van der Waals surface area (Å²) in [5, 5.41) is 12.4. The standard InChI is InChI=1S/C31H37FN4O6S/c1-20-17-36(21(2)19-37)43(40,41)29-15-14-24(22-10-12-23(13-11-22)30(38)34(3)4)16-27(29)42-28(20)18-35(5)31(39)33-26-9-7-6-8-25(26)32/h6-16,20-21,28,37H,17-19H2,1-5H3,(H,33,39)/t20-,21-,28-/m0/s1. The molecule has 0 fully saturated rings. The monoisotopic (exact) mass is 612 g/mol. The van der Waals surface area contributed by atoms with E-state index in [0.717, 1.165) is 5.56 Å². The third-order valence-corrected chi connectivity index (χ3v) is 9.47. The Bertz CT molecular complexity index is 1580. The molecule has 10 nitrogen and oxygen atoms in total. The van der Waals surface area contributed by atoms with Gasteiger partial charge in [-0.3, -0.25) is 4.79 Å². The number of sulfonamides is 1. The number of ether oxygens (including phenoxy) is 1. The zero-order valence-corrected chi connectivity index (χ0v) is 25.6. The van der Waals surface area contributed by atoms with Crippen LogP contribution in [0.2, 0.25) is 0 Å². The highest BCUT2D eigenvalue weighted by Crippen LogP contribution is 2.36. The lowest BCUT2D eigenvalue weighted by molar-refractivity contribution is 0.0827. The number of amides is 3. The zero-order valence-electron chi connectivity index (χ0n) is 24.8. The maximum atomic E-state index is 14.1. The predicted molar refractivity (Wildman–Crippen MR) is 162 cm³/mol. The molecule has 0 saturated heterocycles. The molecule has 4 rings (SSSR count). The Morgan fingerprint density at radius 3 is 2.35 bits per heavy atom. The van der Waals surface area contributed by atoms with Crippen LogP contribution in [-0.2, 0) is 10.0 Å². The molecule has 3 aromatic carbocycles. The summed E-state index contributed by atoms with van der Waals surface area (Å²) >= 11 is 0. The Morgan fingerprint density at radius 2 is 1.72 bits per heavy atom. The Kier molecular flexibility index (Phi) is 9.73. The molecule has 0 radical (unpaired) electrons. The first-order valence-electron chi connectivity index (χ1n) is 13.9. The number of hydrogen-bond acceptors (Lipinski definition) is 6. The average molecular weight is 613 g/mol. The van der Waals surface area contributed by atoms with Crippen LogP contribution in [-0.4, -0.2) is 92.6 Å². The van der Waals surface area contributed by atoms with Crippen LogP contribution in [0.5, 0.6) is 5.75 Å². The molecule has 0 bridgehead atoms. The fraction of sp³-hybridized carbons (Fsp3) is 0.355. The number of aliphatic hydroxyl groups is 1. The molecule has 0 unspecified atom stereocenters. The minimum atomic E-state index is -4.06. The molecule has 0 aromatic heterocycles. The van der Waals surface area contributed by atoms with E-state index in [4.69, 9.17) is 4.74 Å². The zero-order chi connectivity index (χ0) is 31.5. The van der Waals surface area contributed by atoms with Crippen molar-refractivity contribution in [3.05, 3.63) is 78.1 Å². The first-order chi connectivity index (χ1) is 20.3. The maximum absolute atomic E-state index is 14.1. The van der Waals surface area contributed by atoms with Gasteiger partial charge in [-0.2, -0.15) is 4.31 Å². The van der Waals surface area contributed by atoms with E-state index < -0.39 is 39.9 Å². The first-order valence-corrected chi connectivity index (χ1v) is 15.3. The number of urea groups is 1. The molecule has 2 N–H and O–H groups in total. The van der Waals surface area contributed by atoms with Crippen LogP contribution in [0.4, 0.5) is 14.9 Å². The smallest absolute Gasteiger partial charge is 0.321 e. The average Bonchev–Trinajstić information content (AvgIpc) is 2.99. The fourth-order valence-electron chi connectivity index (χ4n) is 4.81. The summed E-state index contributed by atoms with van der Waals surface area (Å²) in [4.78, 5) is 28.0. The van der Waals surface area contributed by atoms with Gasteiger partial charge in [0, 0.05) is 45.2 Å². The van der Waals surface area contributed by atoms with E-state index in [1.165, 1.54) is 38.4 Å². The molecule has 3 atom stereocenters. The number of nitrogens with zero attached hydrogens (tertiary/aromatic N) is 3. The van der Waals surface area contributed by atoms with Gasteiger partial charge in [-0.05, 0) is 54.4 Å². The van der Waals surface area contributed by atoms with Crippen LogP contribution in [0.25, 0.3) is 11.1 Å². The number of carbonyl (C=O) groups is 2. The molecule has 12 heteroatoms. The molecule has 0 spiro atoms. The molecule has 3 amide bonds. The number of carbonyl (C=O) groups excluding carboxylic acids is 2. The van der Waals surface area contributed by atoms with Crippen molar-refractivity contribution in [3.63, 3.8) is 0 Å². The number of para-hydroxylation sites is 1. The van der Waals surface area contributed by atoms with Crippen LogP contribution in [0.15, 0.2) is 71.6 Å². The highest BCUT2D eigenvalue weighted by molar-refractivity contribution is 7.89. The lowest BCUT2D eigenvalue weighted by Crippen LogP contribution is -2.50. The van der Waals surface area contributed by atoms with Gasteiger partial charge in [0.15, 0.2) is 0 Å². The second-order valence-electron chi connectivity index (χ2n) is 11.0. The minimum absolute atomic E-state index is 0.0355.